The van der Waals surface area contributed by atoms with Gasteiger partial charge < -0.3 is 14.8 Å². The molecule has 1 heterocycles. The van der Waals surface area contributed by atoms with Gasteiger partial charge in [0.15, 0.2) is 11.5 Å². The third-order valence-electron chi connectivity index (χ3n) is 5.33. The molecule has 2 aromatic carbocycles. The fourth-order valence-electron chi connectivity index (χ4n) is 3.75. The maximum absolute atomic E-state index is 12.8. The van der Waals surface area contributed by atoms with Crippen LogP contribution in [0.1, 0.15) is 37.7 Å². The molecule has 0 bridgehead atoms. The van der Waals surface area contributed by atoms with Crippen molar-refractivity contribution in [1.29, 1.82) is 0 Å². The van der Waals surface area contributed by atoms with Crippen molar-refractivity contribution in [2.45, 2.75) is 49.0 Å². The zero-order chi connectivity index (χ0) is 23.0. The number of hydrogen-bond acceptors (Lipinski definition) is 5. The number of sulfonamides is 1. The lowest BCUT2D eigenvalue weighted by atomic mass is 9.94. The number of nitrogens with one attached hydrogen (secondary N) is 2. The molecule has 2 aromatic rings. The molecule has 1 aliphatic carbocycles. The highest BCUT2D eigenvalue weighted by atomic mass is 32.2. The van der Waals surface area contributed by atoms with Gasteiger partial charge in [0, 0.05) is 24.6 Å². The first kappa shape index (κ1) is 22.4. The Kier molecular flexibility index (Phi) is 5.80. The van der Waals surface area contributed by atoms with E-state index in [0.717, 1.165) is 50.3 Å². The summed E-state index contributed by atoms with van der Waals surface area (Å²) in [4.78, 5) is 11.6. The Bertz CT molecular complexity index is 1130. The predicted molar refractivity (Wildman–Crippen MR) is 109 cm³/mol. The first-order valence-electron chi connectivity index (χ1n) is 10.1. The molecule has 0 radical (unpaired) electrons. The van der Waals surface area contributed by atoms with E-state index in [1.807, 2.05) is 4.72 Å². The fourth-order valence-corrected chi connectivity index (χ4v) is 4.78. The van der Waals surface area contributed by atoms with E-state index in [0.29, 0.717) is 23.3 Å². The van der Waals surface area contributed by atoms with E-state index >= 15 is 0 Å². The molecule has 1 spiro atoms. The minimum Gasteiger partial charge on any atom is -0.448 e. The summed E-state index contributed by atoms with van der Waals surface area (Å²) in [5, 5.41) is 2.54. The minimum atomic E-state index is -4.68. The molecule has 11 heteroatoms. The second-order valence-corrected chi connectivity index (χ2v) is 9.50. The fraction of sp³-hybridized carbons (Fsp3) is 0.381. The van der Waals surface area contributed by atoms with Gasteiger partial charge in [-0.25, -0.2) is 13.1 Å². The highest BCUT2D eigenvalue weighted by Crippen LogP contribution is 2.46. The van der Waals surface area contributed by atoms with E-state index in [-0.39, 0.29) is 0 Å². The first-order valence-corrected chi connectivity index (χ1v) is 11.5. The van der Waals surface area contributed by atoms with E-state index in [1.165, 1.54) is 0 Å². The molecular weight excluding hydrogens is 449 g/mol. The number of carbonyl (C=O) groups excluding carboxylic acids is 1. The van der Waals surface area contributed by atoms with Crippen LogP contribution in [0.5, 0.6) is 11.5 Å². The van der Waals surface area contributed by atoms with E-state index in [2.05, 4.69) is 5.32 Å². The van der Waals surface area contributed by atoms with E-state index in [4.69, 9.17) is 9.47 Å². The van der Waals surface area contributed by atoms with Gasteiger partial charge in [-0.2, -0.15) is 13.2 Å². The number of rotatable bonds is 5. The van der Waals surface area contributed by atoms with Crippen molar-refractivity contribution >= 4 is 21.6 Å². The highest BCUT2D eigenvalue weighted by Gasteiger charge is 2.42. The largest absolute Gasteiger partial charge is 0.448 e. The topological polar surface area (TPSA) is 93.7 Å². The zero-order valence-corrected chi connectivity index (χ0v) is 17.7. The minimum absolute atomic E-state index is 0.378. The number of carbonyl (C=O) groups is 1. The van der Waals surface area contributed by atoms with Crippen LogP contribution < -0.4 is 19.5 Å². The van der Waals surface area contributed by atoms with E-state index in [1.54, 1.807) is 18.2 Å². The number of fused-ring (bicyclic) bond motifs is 1. The Morgan fingerprint density at radius 3 is 2.44 bits per heavy atom. The molecule has 0 aromatic heterocycles. The van der Waals surface area contributed by atoms with Crippen LogP contribution in [0.3, 0.4) is 0 Å². The maximum Gasteiger partial charge on any atom is 0.416 e. The van der Waals surface area contributed by atoms with Crippen LogP contribution in [0.15, 0.2) is 47.4 Å². The number of hydrogen-bond donors (Lipinski definition) is 2. The highest BCUT2D eigenvalue weighted by molar-refractivity contribution is 7.89. The van der Waals surface area contributed by atoms with Gasteiger partial charge in [0.1, 0.15) is 0 Å². The third-order valence-corrected chi connectivity index (χ3v) is 6.73. The normalized spacial score (nSPS) is 17.3. The summed E-state index contributed by atoms with van der Waals surface area (Å²) in [5.74, 6) is -0.278. The molecule has 4 rings (SSSR count). The molecule has 1 saturated carbocycles. The standard InChI is InChI=1S/C21H21F3N2O5S/c22-21(23,24)14-5-4-6-16(11-14)32(28,29)25-13-19(27)26-15-7-8-17-18(12-15)31-20(30-17)9-2-1-3-10-20/h4-8,11-12,25H,1-3,9-10,13H2,(H,26,27). The van der Waals surface area contributed by atoms with Gasteiger partial charge in [0.2, 0.25) is 15.9 Å². The molecule has 0 unspecified atom stereocenters. The van der Waals surface area contributed by atoms with E-state index < -0.39 is 44.9 Å². The second kappa shape index (κ2) is 8.28. The summed E-state index contributed by atoms with van der Waals surface area (Å²) < 4.78 is 77.0. The molecular formula is C21H21F3N2O5S. The average molecular weight is 470 g/mol. The van der Waals surface area contributed by atoms with Crippen molar-refractivity contribution in [1.82, 2.24) is 4.72 Å². The van der Waals surface area contributed by atoms with Crippen LogP contribution in [0.2, 0.25) is 0 Å². The Morgan fingerprint density at radius 1 is 1.00 bits per heavy atom. The molecule has 1 aliphatic heterocycles. The van der Waals surface area contributed by atoms with Crippen molar-refractivity contribution in [3.8, 4) is 11.5 Å². The molecule has 0 atom stereocenters. The van der Waals surface area contributed by atoms with Crippen LogP contribution in [-0.2, 0) is 21.0 Å². The Morgan fingerprint density at radius 2 is 1.72 bits per heavy atom. The predicted octanol–water partition coefficient (Wildman–Crippen LogP) is 4.05. The average Bonchev–Trinajstić information content (AvgIpc) is 3.09. The summed E-state index contributed by atoms with van der Waals surface area (Å²) in [6.07, 6.45) is 0.00951. The van der Waals surface area contributed by atoms with E-state index in [9.17, 15) is 26.4 Å². The van der Waals surface area contributed by atoms with Crippen molar-refractivity contribution in [2.24, 2.45) is 0 Å². The van der Waals surface area contributed by atoms with Crippen LogP contribution in [-0.4, -0.2) is 26.7 Å². The number of anilines is 1. The number of ether oxygens (including phenoxy) is 2. The molecule has 1 fully saturated rings. The molecule has 2 aliphatic rings. The quantitative estimate of drug-likeness (QED) is 0.688. The number of halogens is 3. The summed E-state index contributed by atoms with van der Waals surface area (Å²) in [6.45, 7) is -0.656. The van der Waals surface area contributed by atoms with Crippen molar-refractivity contribution in [2.75, 3.05) is 11.9 Å². The number of amides is 1. The van der Waals surface area contributed by atoms with Crippen molar-refractivity contribution in [3.05, 3.63) is 48.0 Å². The second-order valence-electron chi connectivity index (χ2n) is 7.74. The summed E-state index contributed by atoms with van der Waals surface area (Å²) in [5.41, 5.74) is -0.718. The SMILES string of the molecule is O=C(CNS(=O)(=O)c1cccc(C(F)(F)F)c1)Nc1ccc2c(c1)OC1(CCCCC1)O2. The lowest BCUT2D eigenvalue weighted by Gasteiger charge is -2.31. The first-order chi connectivity index (χ1) is 15.1. The zero-order valence-electron chi connectivity index (χ0n) is 16.9. The van der Waals surface area contributed by atoms with Gasteiger partial charge in [-0.1, -0.05) is 12.5 Å². The van der Waals surface area contributed by atoms with Gasteiger partial charge in [0.25, 0.3) is 5.79 Å². The van der Waals surface area contributed by atoms with Gasteiger partial charge in [-0.15, -0.1) is 0 Å². The molecule has 0 saturated heterocycles. The maximum atomic E-state index is 12.8. The molecule has 2 N–H and O–H groups in total. The van der Waals surface area contributed by atoms with Crippen molar-refractivity contribution in [3.63, 3.8) is 0 Å². The molecule has 1 amide bonds. The lowest BCUT2D eigenvalue weighted by molar-refractivity contribution is -0.137. The monoisotopic (exact) mass is 470 g/mol. The van der Waals surface area contributed by atoms with Crippen LogP contribution in [0.25, 0.3) is 0 Å². The Hall–Kier alpha value is -2.79. The van der Waals surface area contributed by atoms with Crippen LogP contribution in [0.4, 0.5) is 18.9 Å². The number of alkyl halides is 3. The smallest absolute Gasteiger partial charge is 0.416 e. The van der Waals surface area contributed by atoms with Crippen LogP contribution in [0, 0.1) is 0 Å². The third kappa shape index (κ3) is 4.83. The van der Waals surface area contributed by atoms with Crippen LogP contribution >= 0.6 is 0 Å². The van der Waals surface area contributed by atoms with Gasteiger partial charge in [-0.05, 0) is 43.2 Å². The number of benzene rings is 2. The van der Waals surface area contributed by atoms with Gasteiger partial charge in [-0.3, -0.25) is 4.79 Å². The lowest BCUT2D eigenvalue weighted by Crippen LogP contribution is -2.40. The summed E-state index contributed by atoms with van der Waals surface area (Å²) >= 11 is 0. The van der Waals surface area contributed by atoms with Gasteiger partial charge >= 0.3 is 6.18 Å². The molecule has 7 nitrogen and oxygen atoms in total. The molecule has 172 valence electrons. The van der Waals surface area contributed by atoms with Gasteiger partial charge in [0.05, 0.1) is 17.0 Å². The Balaban J connectivity index is 1.37. The summed E-state index contributed by atoms with van der Waals surface area (Å²) in [6, 6.07) is 8.15. The Labute approximate surface area is 183 Å². The van der Waals surface area contributed by atoms with Crippen molar-refractivity contribution < 1.29 is 35.9 Å². The summed E-state index contributed by atoms with van der Waals surface area (Å²) in [7, 11) is -4.31. The molecule has 32 heavy (non-hydrogen) atoms.